The molecule has 0 aliphatic heterocycles. The highest BCUT2D eigenvalue weighted by Crippen LogP contribution is 2.27. The van der Waals surface area contributed by atoms with E-state index in [4.69, 9.17) is 4.74 Å². The maximum atomic E-state index is 5.24. The van der Waals surface area contributed by atoms with Crippen molar-refractivity contribution in [2.24, 2.45) is 0 Å². The van der Waals surface area contributed by atoms with Gasteiger partial charge in [-0.25, -0.2) is 15.0 Å². The average Bonchev–Trinajstić information content (AvgIpc) is 3.08. The summed E-state index contributed by atoms with van der Waals surface area (Å²) in [5.41, 5.74) is 4.68. The molecule has 0 spiro atoms. The van der Waals surface area contributed by atoms with E-state index >= 15 is 0 Å². The first-order chi connectivity index (χ1) is 12.2. The predicted octanol–water partition coefficient (Wildman–Crippen LogP) is 4.08. The van der Waals surface area contributed by atoms with Gasteiger partial charge >= 0.3 is 0 Å². The standard InChI is InChI=1S/C19H17N5O/c1-12-10-13(25-2)5-6-16(12)23-19-21-9-7-17(24-19)15-11-22-18-14(15)4-3-8-20-18/h3-11H,1-2H3,(H,20,22)(H,21,23,24). The fourth-order valence-electron chi connectivity index (χ4n) is 2.76. The van der Waals surface area contributed by atoms with Gasteiger partial charge in [-0.1, -0.05) is 0 Å². The van der Waals surface area contributed by atoms with Gasteiger partial charge in [-0.3, -0.25) is 0 Å². The Morgan fingerprint density at radius 2 is 2.00 bits per heavy atom. The van der Waals surface area contributed by atoms with E-state index in [9.17, 15) is 0 Å². The molecule has 3 aromatic heterocycles. The SMILES string of the molecule is COc1ccc(Nc2nccc(-c3c[nH]c4ncccc34)n2)c(C)c1. The highest BCUT2D eigenvalue weighted by Gasteiger charge is 2.09. The molecular formula is C19H17N5O. The lowest BCUT2D eigenvalue weighted by Gasteiger charge is -2.10. The van der Waals surface area contributed by atoms with Crippen LogP contribution in [0.5, 0.6) is 5.75 Å². The van der Waals surface area contributed by atoms with Gasteiger partial charge in [-0.15, -0.1) is 0 Å². The van der Waals surface area contributed by atoms with E-state index < -0.39 is 0 Å². The van der Waals surface area contributed by atoms with Crippen molar-refractivity contribution >= 4 is 22.7 Å². The van der Waals surface area contributed by atoms with Crippen LogP contribution >= 0.6 is 0 Å². The number of pyridine rings is 1. The molecular weight excluding hydrogens is 314 g/mol. The van der Waals surface area contributed by atoms with Crippen LogP contribution in [0.15, 0.2) is 55.0 Å². The Labute approximate surface area is 144 Å². The highest BCUT2D eigenvalue weighted by molar-refractivity contribution is 5.92. The minimum absolute atomic E-state index is 0.545. The number of aromatic amines is 1. The van der Waals surface area contributed by atoms with Crippen LogP contribution in [0, 0.1) is 6.92 Å². The summed E-state index contributed by atoms with van der Waals surface area (Å²) in [6, 6.07) is 11.7. The Bertz CT molecular complexity index is 1040. The fourth-order valence-corrected chi connectivity index (χ4v) is 2.76. The number of rotatable bonds is 4. The number of ether oxygens (including phenoxy) is 1. The number of nitrogens with zero attached hydrogens (tertiary/aromatic N) is 3. The van der Waals surface area contributed by atoms with Gasteiger partial charge in [0, 0.05) is 35.2 Å². The molecule has 0 saturated heterocycles. The van der Waals surface area contributed by atoms with Crippen molar-refractivity contribution in [1.82, 2.24) is 19.9 Å². The number of H-pyrrole nitrogens is 1. The van der Waals surface area contributed by atoms with Crippen LogP contribution in [0.2, 0.25) is 0 Å². The van der Waals surface area contributed by atoms with E-state index in [0.717, 1.165) is 39.3 Å². The van der Waals surface area contributed by atoms with Crippen LogP contribution < -0.4 is 10.1 Å². The summed E-state index contributed by atoms with van der Waals surface area (Å²) < 4.78 is 5.24. The number of aryl methyl sites for hydroxylation is 1. The molecule has 4 rings (SSSR count). The third kappa shape index (κ3) is 2.89. The number of benzene rings is 1. The second-order valence-electron chi connectivity index (χ2n) is 5.67. The first kappa shape index (κ1) is 15.1. The van der Waals surface area contributed by atoms with Gasteiger partial charge in [0.1, 0.15) is 11.4 Å². The summed E-state index contributed by atoms with van der Waals surface area (Å²) in [6.07, 6.45) is 5.43. The Morgan fingerprint density at radius 3 is 2.84 bits per heavy atom. The molecule has 6 heteroatoms. The molecule has 0 saturated carbocycles. The van der Waals surface area contributed by atoms with Gasteiger partial charge < -0.3 is 15.0 Å². The summed E-state index contributed by atoms with van der Waals surface area (Å²) in [6.45, 7) is 2.01. The van der Waals surface area contributed by atoms with E-state index in [0.29, 0.717) is 5.95 Å². The van der Waals surface area contributed by atoms with Crippen LogP contribution in [0.3, 0.4) is 0 Å². The van der Waals surface area contributed by atoms with Crippen molar-refractivity contribution in [3.05, 3.63) is 60.6 Å². The number of anilines is 2. The van der Waals surface area contributed by atoms with Gasteiger partial charge in [-0.05, 0) is 48.9 Å². The second kappa shape index (κ2) is 6.24. The Kier molecular flexibility index (Phi) is 3.78. The van der Waals surface area contributed by atoms with Crippen molar-refractivity contribution in [1.29, 1.82) is 0 Å². The van der Waals surface area contributed by atoms with Crippen molar-refractivity contribution in [3.63, 3.8) is 0 Å². The predicted molar refractivity (Wildman–Crippen MR) is 98.1 cm³/mol. The highest BCUT2D eigenvalue weighted by atomic mass is 16.5. The zero-order chi connectivity index (χ0) is 17.2. The molecule has 0 atom stereocenters. The average molecular weight is 331 g/mol. The van der Waals surface area contributed by atoms with Gasteiger partial charge in [0.2, 0.25) is 5.95 Å². The summed E-state index contributed by atoms with van der Waals surface area (Å²) in [5.74, 6) is 1.37. The summed E-state index contributed by atoms with van der Waals surface area (Å²) in [7, 11) is 1.66. The molecule has 2 N–H and O–H groups in total. The Balaban J connectivity index is 1.68. The first-order valence-electron chi connectivity index (χ1n) is 7.92. The molecule has 0 fully saturated rings. The van der Waals surface area contributed by atoms with E-state index in [1.807, 2.05) is 49.5 Å². The van der Waals surface area contributed by atoms with E-state index in [1.165, 1.54) is 0 Å². The third-order valence-corrected chi connectivity index (χ3v) is 4.06. The van der Waals surface area contributed by atoms with Crippen molar-refractivity contribution in [3.8, 4) is 17.0 Å². The van der Waals surface area contributed by atoms with Crippen LogP contribution in [0.1, 0.15) is 5.56 Å². The summed E-state index contributed by atoms with van der Waals surface area (Å²) in [5, 5.41) is 4.31. The number of hydrogen-bond acceptors (Lipinski definition) is 5. The first-order valence-corrected chi connectivity index (χ1v) is 7.92. The number of methoxy groups -OCH3 is 1. The largest absolute Gasteiger partial charge is 0.497 e. The van der Waals surface area contributed by atoms with E-state index in [2.05, 4.69) is 25.3 Å². The molecule has 6 nitrogen and oxygen atoms in total. The van der Waals surface area contributed by atoms with Crippen molar-refractivity contribution in [2.45, 2.75) is 6.92 Å². The van der Waals surface area contributed by atoms with E-state index in [1.54, 1.807) is 19.5 Å². The molecule has 0 amide bonds. The zero-order valence-corrected chi connectivity index (χ0v) is 13.9. The molecule has 124 valence electrons. The maximum absolute atomic E-state index is 5.24. The maximum Gasteiger partial charge on any atom is 0.227 e. The van der Waals surface area contributed by atoms with Gasteiger partial charge in [0.25, 0.3) is 0 Å². The number of fused-ring (bicyclic) bond motifs is 1. The topological polar surface area (TPSA) is 75.7 Å². The molecule has 0 unspecified atom stereocenters. The lowest BCUT2D eigenvalue weighted by atomic mass is 10.1. The fraction of sp³-hybridized carbons (Fsp3) is 0.105. The van der Waals surface area contributed by atoms with Crippen LogP contribution in [-0.2, 0) is 0 Å². The van der Waals surface area contributed by atoms with Gasteiger partial charge in [0.05, 0.1) is 12.8 Å². The molecule has 25 heavy (non-hydrogen) atoms. The lowest BCUT2D eigenvalue weighted by Crippen LogP contribution is -1.99. The zero-order valence-electron chi connectivity index (χ0n) is 13.9. The molecule has 3 heterocycles. The molecule has 0 radical (unpaired) electrons. The summed E-state index contributed by atoms with van der Waals surface area (Å²) >= 11 is 0. The van der Waals surface area contributed by atoms with E-state index in [-0.39, 0.29) is 0 Å². The quantitative estimate of drug-likeness (QED) is 0.589. The monoisotopic (exact) mass is 331 g/mol. The van der Waals surface area contributed by atoms with Crippen molar-refractivity contribution < 1.29 is 4.74 Å². The Morgan fingerprint density at radius 1 is 1.08 bits per heavy atom. The minimum Gasteiger partial charge on any atom is -0.497 e. The van der Waals surface area contributed by atoms with Crippen LogP contribution in [-0.4, -0.2) is 27.0 Å². The molecule has 4 aromatic rings. The minimum atomic E-state index is 0.545. The normalized spacial score (nSPS) is 10.8. The molecule has 0 aliphatic rings. The van der Waals surface area contributed by atoms with Gasteiger partial charge in [-0.2, -0.15) is 0 Å². The third-order valence-electron chi connectivity index (χ3n) is 4.06. The number of aromatic nitrogens is 4. The second-order valence-corrected chi connectivity index (χ2v) is 5.67. The van der Waals surface area contributed by atoms with Crippen molar-refractivity contribution in [2.75, 3.05) is 12.4 Å². The molecule has 0 aliphatic carbocycles. The number of nitrogens with one attached hydrogen (secondary N) is 2. The van der Waals surface area contributed by atoms with Crippen LogP contribution in [0.4, 0.5) is 11.6 Å². The summed E-state index contributed by atoms with van der Waals surface area (Å²) in [4.78, 5) is 16.5. The lowest BCUT2D eigenvalue weighted by molar-refractivity contribution is 0.414. The molecule has 0 bridgehead atoms. The smallest absolute Gasteiger partial charge is 0.227 e. The van der Waals surface area contributed by atoms with Crippen LogP contribution in [0.25, 0.3) is 22.3 Å². The molecule has 1 aromatic carbocycles. The number of hydrogen-bond donors (Lipinski definition) is 2. The Hall–Kier alpha value is -3.41. The van der Waals surface area contributed by atoms with Gasteiger partial charge in [0.15, 0.2) is 0 Å².